The quantitative estimate of drug-likeness (QED) is 0.434. The van der Waals surface area contributed by atoms with Gasteiger partial charge in [0.2, 0.25) is 0 Å². The molecule has 0 saturated heterocycles. The van der Waals surface area contributed by atoms with Crippen LogP contribution in [-0.2, 0) is 0 Å². The maximum absolute atomic E-state index is 6.39. The van der Waals surface area contributed by atoms with Crippen LogP contribution < -0.4 is 0 Å². The van der Waals surface area contributed by atoms with Crippen molar-refractivity contribution in [1.82, 2.24) is 4.98 Å². The first-order valence-electron chi connectivity index (χ1n) is 6.35. The molecule has 0 fully saturated rings. The lowest BCUT2D eigenvalue weighted by atomic mass is 10.1. The first-order valence-corrected chi connectivity index (χ1v) is 7.55. The molecule has 0 saturated carbocycles. The highest BCUT2D eigenvalue weighted by Gasteiger charge is 2.08. The minimum Gasteiger partial charge on any atom is -0.236 e. The second-order valence-electron chi connectivity index (χ2n) is 4.67. The fourth-order valence-electron chi connectivity index (χ4n) is 2.38. The molecule has 0 amide bonds. The maximum Gasteiger partial charge on any atom is 0.124 e. The zero-order chi connectivity index (χ0) is 13.5. The zero-order valence-corrected chi connectivity index (χ0v) is 12.1. The summed E-state index contributed by atoms with van der Waals surface area (Å²) < 4.78 is 1.20. The van der Waals surface area contributed by atoms with Gasteiger partial charge in [-0.3, -0.25) is 0 Å². The molecule has 3 heteroatoms. The summed E-state index contributed by atoms with van der Waals surface area (Å²) in [5, 5.41) is 4.02. The number of hydrogen-bond acceptors (Lipinski definition) is 2. The Balaban J connectivity index is 1.97. The first kappa shape index (κ1) is 11.9. The molecule has 4 aromatic rings. The van der Waals surface area contributed by atoms with Crippen LogP contribution in [0.5, 0.6) is 0 Å². The third-order valence-corrected chi connectivity index (χ3v) is 4.75. The average Bonchev–Trinajstić information content (AvgIpc) is 2.91. The monoisotopic (exact) mass is 295 g/mol. The summed E-state index contributed by atoms with van der Waals surface area (Å²) in [6, 6.07) is 20.5. The van der Waals surface area contributed by atoms with Crippen LogP contribution in [0.2, 0.25) is 5.02 Å². The number of nitrogens with zero attached hydrogens (tertiary/aromatic N) is 1. The molecule has 0 spiro atoms. The van der Waals surface area contributed by atoms with Gasteiger partial charge in [-0.2, -0.15) is 0 Å². The third-order valence-electron chi connectivity index (χ3n) is 3.35. The molecule has 0 atom stereocenters. The summed E-state index contributed by atoms with van der Waals surface area (Å²) in [6.45, 7) is 0. The summed E-state index contributed by atoms with van der Waals surface area (Å²) in [4.78, 5) is 4.69. The predicted molar refractivity (Wildman–Crippen MR) is 87.6 cm³/mol. The fraction of sp³-hybridized carbons (Fsp3) is 0. The number of para-hydroxylation sites is 1. The molecule has 96 valence electrons. The normalized spacial score (nSPS) is 11.2. The smallest absolute Gasteiger partial charge is 0.124 e. The van der Waals surface area contributed by atoms with Gasteiger partial charge in [-0.25, -0.2) is 4.98 Å². The molecule has 1 nitrogen and oxygen atoms in total. The Bertz CT molecular complexity index is 893. The predicted octanol–water partition coefficient (Wildman–Crippen LogP) is 5.77. The molecule has 0 aliphatic rings. The van der Waals surface area contributed by atoms with E-state index in [2.05, 4.69) is 18.2 Å². The Morgan fingerprint density at radius 2 is 1.70 bits per heavy atom. The van der Waals surface area contributed by atoms with E-state index in [4.69, 9.17) is 16.6 Å². The van der Waals surface area contributed by atoms with Crippen LogP contribution in [0.25, 0.3) is 31.6 Å². The van der Waals surface area contributed by atoms with Gasteiger partial charge in [-0.1, -0.05) is 48.0 Å². The van der Waals surface area contributed by atoms with E-state index in [0.29, 0.717) is 0 Å². The van der Waals surface area contributed by atoms with Gasteiger partial charge in [0.05, 0.1) is 10.2 Å². The van der Waals surface area contributed by atoms with Gasteiger partial charge in [0.25, 0.3) is 0 Å². The molecule has 1 aromatic heterocycles. The molecule has 1 heterocycles. The number of benzene rings is 3. The largest absolute Gasteiger partial charge is 0.236 e. The second kappa shape index (κ2) is 4.58. The highest BCUT2D eigenvalue weighted by atomic mass is 35.5. The van der Waals surface area contributed by atoms with Crippen molar-refractivity contribution in [1.29, 1.82) is 0 Å². The van der Waals surface area contributed by atoms with Crippen LogP contribution >= 0.6 is 22.9 Å². The Morgan fingerprint density at radius 1 is 0.900 bits per heavy atom. The minimum atomic E-state index is 0.775. The van der Waals surface area contributed by atoms with Crippen molar-refractivity contribution in [3.8, 4) is 10.6 Å². The summed E-state index contributed by atoms with van der Waals surface area (Å²) in [6.07, 6.45) is 0. The molecular formula is C17H10ClNS. The van der Waals surface area contributed by atoms with Crippen LogP contribution in [0.1, 0.15) is 0 Å². The van der Waals surface area contributed by atoms with Crippen molar-refractivity contribution >= 4 is 43.9 Å². The van der Waals surface area contributed by atoms with Crippen molar-refractivity contribution in [3.05, 3.63) is 65.7 Å². The standard InChI is InChI=1S/C17H10ClNS/c18-14-10-12(9-11-5-1-2-6-13(11)14)17-19-15-7-3-4-8-16(15)20-17/h1-10H. The highest BCUT2D eigenvalue weighted by molar-refractivity contribution is 7.21. The number of rotatable bonds is 1. The van der Waals surface area contributed by atoms with Gasteiger partial charge < -0.3 is 0 Å². The number of thiazole rings is 1. The van der Waals surface area contributed by atoms with Crippen molar-refractivity contribution in [2.24, 2.45) is 0 Å². The van der Waals surface area contributed by atoms with E-state index in [1.54, 1.807) is 11.3 Å². The van der Waals surface area contributed by atoms with Crippen molar-refractivity contribution in [2.45, 2.75) is 0 Å². The molecule has 0 unspecified atom stereocenters. The number of hydrogen-bond donors (Lipinski definition) is 0. The molecule has 4 rings (SSSR count). The Morgan fingerprint density at radius 3 is 2.60 bits per heavy atom. The summed E-state index contributed by atoms with van der Waals surface area (Å²) in [5.74, 6) is 0. The SMILES string of the molecule is Clc1cc(-c2nc3ccccc3s2)cc2ccccc12. The average molecular weight is 296 g/mol. The Labute approximate surface area is 125 Å². The molecule has 0 aliphatic carbocycles. The molecular weight excluding hydrogens is 286 g/mol. The lowest BCUT2D eigenvalue weighted by molar-refractivity contribution is 1.48. The first-order chi connectivity index (χ1) is 9.81. The van der Waals surface area contributed by atoms with Crippen LogP contribution in [-0.4, -0.2) is 4.98 Å². The minimum absolute atomic E-state index is 0.775. The topological polar surface area (TPSA) is 12.9 Å². The van der Waals surface area contributed by atoms with E-state index in [1.807, 2.05) is 42.5 Å². The molecule has 3 aromatic carbocycles. The Kier molecular flexibility index (Phi) is 2.72. The lowest BCUT2D eigenvalue weighted by Crippen LogP contribution is -1.79. The zero-order valence-electron chi connectivity index (χ0n) is 10.5. The summed E-state index contributed by atoms with van der Waals surface area (Å²) >= 11 is 8.09. The van der Waals surface area contributed by atoms with E-state index in [0.717, 1.165) is 31.9 Å². The molecule has 0 bridgehead atoms. The third kappa shape index (κ3) is 1.89. The van der Waals surface area contributed by atoms with Gasteiger partial charge in [0.15, 0.2) is 0 Å². The van der Waals surface area contributed by atoms with Gasteiger partial charge in [0, 0.05) is 16.0 Å². The van der Waals surface area contributed by atoms with Crippen LogP contribution in [0.4, 0.5) is 0 Å². The summed E-state index contributed by atoms with van der Waals surface area (Å²) in [5.41, 5.74) is 2.12. The molecule has 20 heavy (non-hydrogen) atoms. The van der Waals surface area contributed by atoms with E-state index >= 15 is 0 Å². The summed E-state index contributed by atoms with van der Waals surface area (Å²) in [7, 11) is 0. The van der Waals surface area contributed by atoms with Gasteiger partial charge in [-0.05, 0) is 29.7 Å². The van der Waals surface area contributed by atoms with Crippen molar-refractivity contribution in [2.75, 3.05) is 0 Å². The molecule has 0 radical (unpaired) electrons. The number of halogens is 1. The van der Waals surface area contributed by atoms with E-state index in [-0.39, 0.29) is 0 Å². The van der Waals surface area contributed by atoms with Gasteiger partial charge in [0.1, 0.15) is 5.01 Å². The van der Waals surface area contributed by atoms with Gasteiger partial charge in [-0.15, -0.1) is 11.3 Å². The maximum atomic E-state index is 6.39. The van der Waals surface area contributed by atoms with Crippen molar-refractivity contribution < 1.29 is 0 Å². The molecule has 0 aliphatic heterocycles. The second-order valence-corrected chi connectivity index (χ2v) is 6.10. The lowest BCUT2D eigenvalue weighted by Gasteiger charge is -2.03. The molecule has 0 N–H and O–H groups in total. The van der Waals surface area contributed by atoms with Gasteiger partial charge >= 0.3 is 0 Å². The van der Waals surface area contributed by atoms with E-state index in [9.17, 15) is 0 Å². The fourth-order valence-corrected chi connectivity index (χ4v) is 3.63. The van der Waals surface area contributed by atoms with Crippen LogP contribution in [0, 0.1) is 0 Å². The number of fused-ring (bicyclic) bond motifs is 2. The van der Waals surface area contributed by atoms with Crippen molar-refractivity contribution in [3.63, 3.8) is 0 Å². The van der Waals surface area contributed by atoms with E-state index in [1.165, 1.54) is 4.70 Å². The Hall–Kier alpha value is -1.90. The van der Waals surface area contributed by atoms with Crippen LogP contribution in [0.15, 0.2) is 60.7 Å². The van der Waals surface area contributed by atoms with E-state index < -0.39 is 0 Å². The highest BCUT2D eigenvalue weighted by Crippen LogP contribution is 2.34. The van der Waals surface area contributed by atoms with Crippen LogP contribution in [0.3, 0.4) is 0 Å². The number of aromatic nitrogens is 1.